The minimum Gasteiger partial charge on any atom is -0.293 e. The predicted molar refractivity (Wildman–Crippen MR) is 112 cm³/mol. The van der Waals surface area contributed by atoms with Gasteiger partial charge in [0.15, 0.2) is 14.5 Å². The summed E-state index contributed by atoms with van der Waals surface area (Å²) in [7, 11) is 0. The lowest BCUT2D eigenvalue weighted by atomic mass is 10.0. The van der Waals surface area contributed by atoms with Crippen LogP contribution in [-0.4, -0.2) is 21.7 Å². The lowest BCUT2D eigenvalue weighted by Gasteiger charge is -2.15. The average molecular weight is 401 g/mol. The van der Waals surface area contributed by atoms with Gasteiger partial charge in [0.25, 0.3) is 0 Å². The fourth-order valence-electron chi connectivity index (χ4n) is 2.41. The Morgan fingerprint density at radius 3 is 2.15 bits per heavy atom. The third kappa shape index (κ3) is 4.75. The first-order valence-corrected chi connectivity index (χ1v) is 11.1. The minimum absolute atomic E-state index is 0.0961. The van der Waals surface area contributed by atoms with E-state index in [-0.39, 0.29) is 11.0 Å². The molecule has 6 heteroatoms. The number of aryl methyl sites for hydroxylation is 2. The summed E-state index contributed by atoms with van der Waals surface area (Å²) in [5.74, 6) is 1.06. The summed E-state index contributed by atoms with van der Waals surface area (Å²) < 4.78 is 1.77. The monoisotopic (exact) mass is 400 g/mol. The molecule has 0 aliphatic carbocycles. The Kier molecular flexibility index (Phi) is 6.51. The third-order valence-electron chi connectivity index (χ3n) is 3.83. The largest absolute Gasteiger partial charge is 0.293 e. The van der Waals surface area contributed by atoms with Crippen molar-refractivity contribution in [1.82, 2.24) is 10.2 Å². The van der Waals surface area contributed by atoms with Gasteiger partial charge in [-0.1, -0.05) is 101 Å². The van der Waals surface area contributed by atoms with E-state index < -0.39 is 0 Å². The molecular formula is C20H20N2OS3. The number of ketones is 1. The number of carbonyl (C=O) groups excluding carboxylic acids is 1. The number of rotatable bonds is 7. The van der Waals surface area contributed by atoms with Crippen LogP contribution < -0.4 is 0 Å². The fraction of sp³-hybridized carbons (Fsp3) is 0.250. The van der Waals surface area contributed by atoms with E-state index in [1.807, 2.05) is 62.4 Å². The Bertz CT molecular complexity index is 873. The van der Waals surface area contributed by atoms with Crippen molar-refractivity contribution in [2.45, 2.75) is 34.7 Å². The van der Waals surface area contributed by atoms with Crippen LogP contribution in [0.15, 0.2) is 57.2 Å². The molecule has 1 aromatic heterocycles. The van der Waals surface area contributed by atoms with E-state index in [0.717, 1.165) is 31.1 Å². The molecule has 0 aliphatic rings. The van der Waals surface area contributed by atoms with Crippen molar-refractivity contribution in [3.8, 4) is 0 Å². The molecule has 0 unspecified atom stereocenters. The van der Waals surface area contributed by atoms with Crippen molar-refractivity contribution in [3.05, 3.63) is 70.8 Å². The Hall–Kier alpha value is -1.63. The molecule has 1 atom stereocenters. The first kappa shape index (κ1) is 19.1. The number of hydrogen-bond acceptors (Lipinski definition) is 6. The highest BCUT2D eigenvalue weighted by molar-refractivity contribution is 8.03. The van der Waals surface area contributed by atoms with Crippen LogP contribution in [-0.2, 0) is 0 Å². The molecule has 26 heavy (non-hydrogen) atoms. The van der Waals surface area contributed by atoms with Crippen LogP contribution in [0.1, 0.15) is 39.2 Å². The van der Waals surface area contributed by atoms with Gasteiger partial charge >= 0.3 is 0 Å². The zero-order chi connectivity index (χ0) is 18.5. The van der Waals surface area contributed by atoms with E-state index in [1.165, 1.54) is 17.3 Å². The number of nitrogens with zero attached hydrogens (tertiary/aromatic N) is 2. The van der Waals surface area contributed by atoms with E-state index in [9.17, 15) is 4.79 Å². The molecule has 0 bridgehead atoms. The summed E-state index contributed by atoms with van der Waals surface area (Å²) in [6.45, 7) is 6.16. The van der Waals surface area contributed by atoms with Crippen molar-refractivity contribution in [3.63, 3.8) is 0 Å². The second kappa shape index (κ2) is 8.84. The van der Waals surface area contributed by atoms with Crippen LogP contribution in [0.3, 0.4) is 0 Å². The molecule has 2 aromatic carbocycles. The molecule has 134 valence electrons. The van der Waals surface area contributed by atoms with Gasteiger partial charge in [0, 0.05) is 5.56 Å². The molecule has 3 nitrogen and oxygen atoms in total. The Morgan fingerprint density at radius 2 is 1.54 bits per heavy atom. The lowest BCUT2D eigenvalue weighted by Crippen LogP contribution is -2.10. The van der Waals surface area contributed by atoms with Gasteiger partial charge < -0.3 is 0 Å². The van der Waals surface area contributed by atoms with Crippen molar-refractivity contribution in [1.29, 1.82) is 0 Å². The highest BCUT2D eigenvalue weighted by Gasteiger charge is 2.25. The molecule has 0 radical (unpaired) electrons. The van der Waals surface area contributed by atoms with Crippen LogP contribution >= 0.6 is 34.9 Å². The van der Waals surface area contributed by atoms with Gasteiger partial charge in [-0.05, 0) is 25.2 Å². The highest BCUT2D eigenvalue weighted by Crippen LogP contribution is 2.40. The van der Waals surface area contributed by atoms with Gasteiger partial charge in [-0.3, -0.25) is 4.79 Å². The predicted octanol–water partition coefficient (Wildman–Crippen LogP) is 5.98. The van der Waals surface area contributed by atoms with Crippen molar-refractivity contribution >= 4 is 40.6 Å². The maximum absolute atomic E-state index is 13.2. The first-order chi connectivity index (χ1) is 12.6. The van der Waals surface area contributed by atoms with Gasteiger partial charge in [0.05, 0.1) is 5.25 Å². The molecule has 0 fully saturated rings. The van der Waals surface area contributed by atoms with Gasteiger partial charge in [0.1, 0.15) is 0 Å². The highest BCUT2D eigenvalue weighted by atomic mass is 32.2. The molecule has 0 saturated heterocycles. The van der Waals surface area contributed by atoms with Crippen molar-refractivity contribution in [2.24, 2.45) is 0 Å². The minimum atomic E-state index is -0.328. The molecule has 0 spiro atoms. The Labute approximate surface area is 166 Å². The van der Waals surface area contributed by atoms with E-state index in [2.05, 4.69) is 17.1 Å². The molecule has 3 aromatic rings. The fourth-order valence-corrected chi connectivity index (χ4v) is 5.60. The zero-order valence-corrected chi connectivity index (χ0v) is 17.4. The van der Waals surface area contributed by atoms with E-state index in [4.69, 9.17) is 0 Å². The van der Waals surface area contributed by atoms with Crippen LogP contribution in [0.25, 0.3) is 0 Å². The van der Waals surface area contributed by atoms with Gasteiger partial charge in [0.2, 0.25) is 0 Å². The molecule has 0 saturated carbocycles. The summed E-state index contributed by atoms with van der Waals surface area (Å²) in [6.07, 6.45) is 0. The van der Waals surface area contributed by atoms with Crippen LogP contribution in [0.5, 0.6) is 0 Å². The molecule has 3 rings (SSSR count). The summed E-state index contributed by atoms with van der Waals surface area (Å²) in [6, 6.07) is 15.9. The van der Waals surface area contributed by atoms with E-state index in [0.29, 0.717) is 0 Å². The quantitative estimate of drug-likeness (QED) is 0.360. The second-order valence-electron chi connectivity index (χ2n) is 5.91. The molecule has 1 heterocycles. The molecule has 0 N–H and O–H groups in total. The van der Waals surface area contributed by atoms with E-state index >= 15 is 0 Å². The lowest BCUT2D eigenvalue weighted by molar-refractivity contribution is 0.0989. The maximum Gasteiger partial charge on any atom is 0.180 e. The molecule has 0 aliphatic heterocycles. The van der Waals surface area contributed by atoms with Crippen LogP contribution in [0.2, 0.25) is 0 Å². The number of aromatic nitrogens is 2. The van der Waals surface area contributed by atoms with Crippen molar-refractivity contribution < 1.29 is 4.79 Å². The van der Waals surface area contributed by atoms with Crippen molar-refractivity contribution in [2.75, 3.05) is 5.75 Å². The maximum atomic E-state index is 13.2. The zero-order valence-electron chi connectivity index (χ0n) is 14.9. The Balaban J connectivity index is 1.91. The third-order valence-corrected chi connectivity index (χ3v) is 7.11. The average Bonchev–Trinajstić information content (AvgIpc) is 3.08. The second-order valence-corrected chi connectivity index (χ2v) is 9.75. The standard InChI is InChI=1S/C20H20N2OS3/c1-4-24-19-21-22-20(26-19)25-18(16-11-7-14(3)8-12-16)17(23)15-9-5-13(2)6-10-15/h5-12,18H,4H2,1-3H3/t18-/m0/s1. The number of benzene rings is 2. The summed E-state index contributed by atoms with van der Waals surface area (Å²) in [5, 5.41) is 8.15. The number of thioether (sulfide) groups is 2. The Morgan fingerprint density at radius 1 is 0.962 bits per heavy atom. The van der Waals surface area contributed by atoms with Crippen LogP contribution in [0, 0.1) is 13.8 Å². The van der Waals surface area contributed by atoms with Gasteiger partial charge in [-0.15, -0.1) is 10.2 Å². The topological polar surface area (TPSA) is 42.9 Å². The first-order valence-electron chi connectivity index (χ1n) is 8.37. The number of Topliss-reactive ketones (excluding diaryl/α,β-unsaturated/α-hetero) is 1. The summed E-state index contributed by atoms with van der Waals surface area (Å²) in [4.78, 5) is 13.2. The van der Waals surface area contributed by atoms with Gasteiger partial charge in [-0.2, -0.15) is 0 Å². The smallest absolute Gasteiger partial charge is 0.180 e. The molecular weight excluding hydrogens is 380 g/mol. The number of hydrogen-bond donors (Lipinski definition) is 0. The number of carbonyl (C=O) groups is 1. The summed E-state index contributed by atoms with van der Waals surface area (Å²) >= 11 is 4.71. The SMILES string of the molecule is CCSc1nnc(S[C@H](C(=O)c2ccc(C)cc2)c2ccc(C)cc2)s1. The normalized spacial score (nSPS) is 12.1. The van der Waals surface area contributed by atoms with E-state index in [1.54, 1.807) is 23.1 Å². The molecule has 0 amide bonds. The summed E-state index contributed by atoms with van der Waals surface area (Å²) in [5.41, 5.74) is 4.04. The van der Waals surface area contributed by atoms with Crippen LogP contribution in [0.4, 0.5) is 0 Å². The van der Waals surface area contributed by atoms with Gasteiger partial charge in [-0.25, -0.2) is 0 Å².